The van der Waals surface area contributed by atoms with Gasteiger partial charge in [-0.25, -0.2) is 0 Å². The fourth-order valence-electron chi connectivity index (χ4n) is 4.01. The summed E-state index contributed by atoms with van der Waals surface area (Å²) in [4.78, 5) is 14.8. The quantitative estimate of drug-likeness (QED) is 0.464. The monoisotopic (exact) mass is 483 g/mol. The maximum Gasteiger partial charge on any atom is 0.262 e. The average Bonchev–Trinajstić information content (AvgIpc) is 3.20. The summed E-state index contributed by atoms with van der Waals surface area (Å²) in [6, 6.07) is 19.7. The van der Waals surface area contributed by atoms with Gasteiger partial charge in [-0.05, 0) is 54.8 Å². The predicted octanol–water partition coefficient (Wildman–Crippen LogP) is 5.52. The maximum absolute atomic E-state index is 12.5. The highest BCUT2D eigenvalue weighted by atomic mass is 35.5. The van der Waals surface area contributed by atoms with E-state index in [0.717, 1.165) is 42.7 Å². The van der Waals surface area contributed by atoms with Crippen LogP contribution in [0.2, 0.25) is 10.0 Å². The van der Waals surface area contributed by atoms with Crippen LogP contribution in [0.3, 0.4) is 0 Å². The summed E-state index contributed by atoms with van der Waals surface area (Å²) in [6.45, 7) is 4.49. The molecule has 7 heteroatoms. The molecule has 0 unspecified atom stereocenters. The van der Waals surface area contributed by atoms with Crippen LogP contribution in [0, 0.1) is 6.92 Å². The second-order valence-electron chi connectivity index (χ2n) is 8.44. The Labute approximate surface area is 204 Å². The molecule has 1 aliphatic rings. The highest BCUT2D eigenvalue weighted by Gasteiger charge is 2.21. The molecule has 1 aliphatic heterocycles. The van der Waals surface area contributed by atoms with E-state index in [1.165, 1.54) is 5.56 Å². The van der Waals surface area contributed by atoms with Gasteiger partial charge in [0.15, 0.2) is 6.61 Å². The summed E-state index contributed by atoms with van der Waals surface area (Å²) < 4.78 is 5.95. The standard InChI is InChI=1S/C26H27Cl2N3O2/c1-17-3-2-4-18(11-17)19-5-8-25(20(12-19)14-31-10-9-21(29)15-31)33-16-26(32)30-22-6-7-23(27)24(28)13-22/h2-8,11-13,21H,9-10,14-16,29H2,1H3,(H,30,32)/t21-/m0/s1. The number of nitrogens with one attached hydrogen (secondary N) is 1. The Bertz CT molecular complexity index is 1150. The van der Waals surface area contributed by atoms with E-state index in [0.29, 0.717) is 21.5 Å². The number of hydrogen-bond donors (Lipinski definition) is 2. The minimum atomic E-state index is -0.273. The zero-order valence-corrected chi connectivity index (χ0v) is 20.0. The average molecular weight is 484 g/mol. The number of nitrogens with zero attached hydrogens (tertiary/aromatic N) is 1. The molecular formula is C26H27Cl2N3O2. The summed E-state index contributed by atoms with van der Waals surface area (Å²) >= 11 is 12.0. The van der Waals surface area contributed by atoms with Gasteiger partial charge in [-0.15, -0.1) is 0 Å². The number of rotatable bonds is 7. The summed E-state index contributed by atoms with van der Waals surface area (Å²) in [6.07, 6.45) is 0.986. The molecule has 1 saturated heterocycles. The van der Waals surface area contributed by atoms with Gasteiger partial charge in [0.2, 0.25) is 0 Å². The van der Waals surface area contributed by atoms with Crippen molar-refractivity contribution in [3.8, 4) is 16.9 Å². The Balaban J connectivity index is 1.50. The van der Waals surface area contributed by atoms with Crippen LogP contribution in [-0.2, 0) is 11.3 Å². The van der Waals surface area contributed by atoms with E-state index < -0.39 is 0 Å². The van der Waals surface area contributed by atoms with E-state index in [2.05, 4.69) is 47.5 Å². The molecule has 0 saturated carbocycles. The molecule has 5 nitrogen and oxygen atoms in total. The zero-order valence-electron chi connectivity index (χ0n) is 18.5. The molecule has 1 fully saturated rings. The number of ether oxygens (including phenoxy) is 1. The molecule has 4 rings (SSSR count). The van der Waals surface area contributed by atoms with Gasteiger partial charge in [-0.1, -0.05) is 59.1 Å². The second kappa shape index (κ2) is 10.6. The number of nitrogens with two attached hydrogens (primary N) is 1. The summed E-state index contributed by atoms with van der Waals surface area (Å²) in [7, 11) is 0. The lowest BCUT2D eigenvalue weighted by molar-refractivity contribution is -0.118. The van der Waals surface area contributed by atoms with Gasteiger partial charge >= 0.3 is 0 Å². The lowest BCUT2D eigenvalue weighted by Crippen LogP contribution is -2.26. The van der Waals surface area contributed by atoms with E-state index in [1.54, 1.807) is 18.2 Å². The molecule has 3 N–H and O–H groups in total. The predicted molar refractivity (Wildman–Crippen MR) is 135 cm³/mol. The van der Waals surface area contributed by atoms with Crippen LogP contribution in [0.1, 0.15) is 17.5 Å². The van der Waals surface area contributed by atoms with Crippen molar-refractivity contribution >= 4 is 34.8 Å². The Hall–Kier alpha value is -2.57. The number of carbonyl (C=O) groups is 1. The molecule has 0 spiro atoms. The van der Waals surface area contributed by atoms with E-state index in [9.17, 15) is 4.79 Å². The fourth-order valence-corrected chi connectivity index (χ4v) is 4.31. The first-order valence-electron chi connectivity index (χ1n) is 10.9. The van der Waals surface area contributed by atoms with Gasteiger partial charge in [0.25, 0.3) is 5.91 Å². The first kappa shape index (κ1) is 23.6. The number of amides is 1. The SMILES string of the molecule is Cc1cccc(-c2ccc(OCC(=O)Nc3ccc(Cl)c(Cl)c3)c(CN3CC[C@H](N)C3)c2)c1. The molecule has 33 heavy (non-hydrogen) atoms. The molecule has 1 atom stereocenters. The Morgan fingerprint density at radius 2 is 1.91 bits per heavy atom. The number of carbonyl (C=O) groups excluding carboxylic acids is 1. The third-order valence-electron chi connectivity index (χ3n) is 5.68. The third-order valence-corrected chi connectivity index (χ3v) is 6.42. The normalized spacial score (nSPS) is 16.1. The minimum Gasteiger partial charge on any atom is -0.483 e. The maximum atomic E-state index is 12.5. The van der Waals surface area contributed by atoms with Crippen LogP contribution < -0.4 is 15.8 Å². The smallest absolute Gasteiger partial charge is 0.262 e. The first-order valence-corrected chi connectivity index (χ1v) is 11.7. The number of halogens is 2. The topological polar surface area (TPSA) is 67.6 Å². The Kier molecular flexibility index (Phi) is 7.56. The molecular weight excluding hydrogens is 457 g/mol. The van der Waals surface area contributed by atoms with Crippen molar-refractivity contribution in [1.29, 1.82) is 0 Å². The third kappa shape index (κ3) is 6.27. The zero-order chi connectivity index (χ0) is 23.4. The molecule has 0 bridgehead atoms. The summed E-state index contributed by atoms with van der Waals surface area (Å²) in [5.41, 5.74) is 11.2. The van der Waals surface area contributed by atoms with Crippen LogP contribution in [0.4, 0.5) is 5.69 Å². The Morgan fingerprint density at radius 1 is 1.09 bits per heavy atom. The number of benzene rings is 3. The number of anilines is 1. The van der Waals surface area contributed by atoms with E-state index in [-0.39, 0.29) is 18.6 Å². The van der Waals surface area contributed by atoms with Crippen molar-refractivity contribution in [3.63, 3.8) is 0 Å². The van der Waals surface area contributed by atoms with Gasteiger partial charge in [0, 0.05) is 36.9 Å². The van der Waals surface area contributed by atoms with Crippen LogP contribution in [-0.4, -0.2) is 36.5 Å². The van der Waals surface area contributed by atoms with E-state index in [4.69, 9.17) is 33.7 Å². The molecule has 1 heterocycles. The molecule has 0 aromatic heterocycles. The Morgan fingerprint density at radius 3 is 2.64 bits per heavy atom. The molecule has 1 amide bonds. The van der Waals surface area contributed by atoms with Gasteiger partial charge < -0.3 is 15.8 Å². The van der Waals surface area contributed by atoms with Gasteiger partial charge in [-0.3, -0.25) is 9.69 Å². The van der Waals surface area contributed by atoms with Gasteiger partial charge in [0.05, 0.1) is 10.0 Å². The molecule has 3 aromatic carbocycles. The first-order chi connectivity index (χ1) is 15.9. The minimum absolute atomic E-state index is 0.115. The summed E-state index contributed by atoms with van der Waals surface area (Å²) in [5.74, 6) is 0.418. The van der Waals surface area contributed by atoms with Crippen LogP contribution in [0.25, 0.3) is 11.1 Å². The molecule has 3 aromatic rings. The summed E-state index contributed by atoms with van der Waals surface area (Å²) in [5, 5.41) is 3.61. The second-order valence-corrected chi connectivity index (χ2v) is 9.26. The van der Waals surface area contributed by atoms with Crippen LogP contribution >= 0.6 is 23.2 Å². The van der Waals surface area contributed by atoms with Gasteiger partial charge in [-0.2, -0.15) is 0 Å². The van der Waals surface area contributed by atoms with Crippen molar-refractivity contribution in [1.82, 2.24) is 4.90 Å². The van der Waals surface area contributed by atoms with Crippen molar-refractivity contribution in [2.24, 2.45) is 5.73 Å². The lowest BCUT2D eigenvalue weighted by Gasteiger charge is -2.19. The van der Waals surface area contributed by atoms with Crippen molar-refractivity contribution in [2.45, 2.75) is 25.9 Å². The van der Waals surface area contributed by atoms with Gasteiger partial charge in [0.1, 0.15) is 5.75 Å². The van der Waals surface area contributed by atoms with E-state index >= 15 is 0 Å². The van der Waals surface area contributed by atoms with Crippen molar-refractivity contribution in [2.75, 3.05) is 25.0 Å². The fraction of sp³-hybridized carbons (Fsp3) is 0.269. The lowest BCUT2D eigenvalue weighted by atomic mass is 10.0. The number of likely N-dealkylation sites (tertiary alicyclic amines) is 1. The number of aryl methyl sites for hydroxylation is 1. The molecule has 172 valence electrons. The highest BCUT2D eigenvalue weighted by Crippen LogP contribution is 2.29. The van der Waals surface area contributed by atoms with E-state index in [1.807, 2.05) is 12.1 Å². The largest absolute Gasteiger partial charge is 0.483 e. The highest BCUT2D eigenvalue weighted by molar-refractivity contribution is 6.42. The number of hydrogen-bond acceptors (Lipinski definition) is 4. The molecule has 0 aliphatic carbocycles. The molecule has 0 radical (unpaired) electrons. The van der Waals surface area contributed by atoms with Crippen LogP contribution in [0.15, 0.2) is 60.7 Å². The van der Waals surface area contributed by atoms with Crippen molar-refractivity contribution < 1.29 is 9.53 Å². The van der Waals surface area contributed by atoms with Crippen molar-refractivity contribution in [3.05, 3.63) is 81.8 Å². The van der Waals surface area contributed by atoms with Crippen LogP contribution in [0.5, 0.6) is 5.75 Å².